The first-order valence-electron chi connectivity index (χ1n) is 5.90. The van der Waals surface area contributed by atoms with Gasteiger partial charge in [-0.05, 0) is 19.8 Å². The first-order chi connectivity index (χ1) is 7.96. The fourth-order valence-electron chi connectivity index (χ4n) is 2.04. The van der Waals surface area contributed by atoms with E-state index in [1.165, 1.54) is 0 Å². The van der Waals surface area contributed by atoms with Crippen molar-refractivity contribution in [2.75, 3.05) is 6.54 Å². The Labute approximate surface area is 101 Å². The third-order valence-corrected chi connectivity index (χ3v) is 3.02. The van der Waals surface area contributed by atoms with Crippen LogP contribution in [0.4, 0.5) is 4.79 Å². The summed E-state index contributed by atoms with van der Waals surface area (Å²) in [6.45, 7) is 5.83. The van der Waals surface area contributed by atoms with Crippen LogP contribution in [0.25, 0.3) is 0 Å². The molecule has 5 heteroatoms. The summed E-state index contributed by atoms with van der Waals surface area (Å²) in [7, 11) is 0. The molecule has 1 aliphatic rings. The second-order valence-corrected chi connectivity index (χ2v) is 4.71. The second-order valence-electron chi connectivity index (χ2n) is 4.71. The summed E-state index contributed by atoms with van der Waals surface area (Å²) in [5.74, 6) is -0.942. The molecule has 96 valence electrons. The van der Waals surface area contributed by atoms with E-state index >= 15 is 0 Å². The van der Waals surface area contributed by atoms with Crippen molar-refractivity contribution in [3.05, 3.63) is 12.2 Å². The first kappa shape index (κ1) is 13.5. The van der Waals surface area contributed by atoms with Gasteiger partial charge < -0.3 is 15.7 Å². The number of hydrogen-bond donors (Lipinski definition) is 3. The van der Waals surface area contributed by atoms with E-state index in [9.17, 15) is 14.7 Å². The van der Waals surface area contributed by atoms with Gasteiger partial charge in [0, 0.05) is 6.54 Å². The van der Waals surface area contributed by atoms with Gasteiger partial charge in [-0.25, -0.2) is 9.59 Å². The van der Waals surface area contributed by atoms with Gasteiger partial charge in [0.05, 0.1) is 0 Å². The Hall–Kier alpha value is -1.52. The lowest BCUT2D eigenvalue weighted by Crippen LogP contribution is -2.58. The van der Waals surface area contributed by atoms with Crippen LogP contribution in [-0.4, -0.2) is 29.2 Å². The van der Waals surface area contributed by atoms with Crippen LogP contribution >= 0.6 is 0 Å². The minimum absolute atomic E-state index is 0.363. The smallest absolute Gasteiger partial charge is 0.329 e. The van der Waals surface area contributed by atoms with Crippen molar-refractivity contribution in [3.8, 4) is 0 Å². The highest BCUT2D eigenvalue weighted by atomic mass is 16.4. The highest BCUT2D eigenvalue weighted by molar-refractivity contribution is 5.86. The molecule has 0 heterocycles. The summed E-state index contributed by atoms with van der Waals surface area (Å²) in [6.07, 6.45) is 3.72. The average molecular weight is 240 g/mol. The first-order valence-corrected chi connectivity index (χ1v) is 5.90. The summed E-state index contributed by atoms with van der Waals surface area (Å²) >= 11 is 0. The number of aliphatic carboxylic acids is 1. The molecule has 0 unspecified atom stereocenters. The predicted molar refractivity (Wildman–Crippen MR) is 64.8 cm³/mol. The van der Waals surface area contributed by atoms with Gasteiger partial charge in [0.1, 0.15) is 5.54 Å². The van der Waals surface area contributed by atoms with Gasteiger partial charge in [0.15, 0.2) is 0 Å². The quantitative estimate of drug-likeness (QED) is 0.654. The number of amides is 2. The number of carboxylic acid groups (broad SMARTS) is 1. The second kappa shape index (κ2) is 5.70. The fraction of sp³-hybridized carbons (Fsp3) is 0.667. The van der Waals surface area contributed by atoms with E-state index in [1.807, 2.05) is 0 Å². The molecule has 1 fully saturated rings. The molecule has 17 heavy (non-hydrogen) atoms. The fourth-order valence-corrected chi connectivity index (χ4v) is 2.04. The molecule has 0 aromatic rings. The van der Waals surface area contributed by atoms with Gasteiger partial charge in [-0.3, -0.25) is 0 Å². The van der Waals surface area contributed by atoms with Crippen molar-refractivity contribution in [1.29, 1.82) is 0 Å². The van der Waals surface area contributed by atoms with Gasteiger partial charge in [-0.15, -0.1) is 0 Å². The largest absolute Gasteiger partial charge is 0.480 e. The van der Waals surface area contributed by atoms with Gasteiger partial charge in [-0.1, -0.05) is 31.4 Å². The zero-order valence-electron chi connectivity index (χ0n) is 10.2. The minimum Gasteiger partial charge on any atom is -0.480 e. The van der Waals surface area contributed by atoms with Crippen LogP contribution in [-0.2, 0) is 4.79 Å². The summed E-state index contributed by atoms with van der Waals surface area (Å²) < 4.78 is 0. The number of carbonyl (C=O) groups is 2. The van der Waals surface area contributed by atoms with E-state index in [2.05, 4.69) is 17.2 Å². The maximum absolute atomic E-state index is 11.6. The van der Waals surface area contributed by atoms with Crippen molar-refractivity contribution >= 4 is 12.0 Å². The lowest BCUT2D eigenvalue weighted by atomic mass is 9.82. The molecule has 0 radical (unpaired) electrons. The Morgan fingerprint density at radius 2 is 1.88 bits per heavy atom. The monoisotopic (exact) mass is 240 g/mol. The minimum atomic E-state index is -1.09. The molecule has 1 aliphatic carbocycles. The van der Waals surface area contributed by atoms with E-state index in [0.29, 0.717) is 19.4 Å². The molecule has 3 N–H and O–H groups in total. The van der Waals surface area contributed by atoms with Crippen molar-refractivity contribution < 1.29 is 14.7 Å². The van der Waals surface area contributed by atoms with Crippen molar-refractivity contribution in [2.45, 2.75) is 44.6 Å². The maximum Gasteiger partial charge on any atom is 0.329 e. The topological polar surface area (TPSA) is 78.4 Å². The number of rotatable bonds is 4. The lowest BCUT2D eigenvalue weighted by molar-refractivity contribution is -0.145. The van der Waals surface area contributed by atoms with E-state index in [0.717, 1.165) is 24.8 Å². The molecule has 0 saturated heterocycles. The Bertz CT molecular complexity index is 320. The van der Waals surface area contributed by atoms with Crippen LogP contribution in [0.1, 0.15) is 39.0 Å². The van der Waals surface area contributed by atoms with Gasteiger partial charge in [0.2, 0.25) is 0 Å². The van der Waals surface area contributed by atoms with Crippen LogP contribution < -0.4 is 10.6 Å². The van der Waals surface area contributed by atoms with Crippen molar-refractivity contribution in [2.24, 2.45) is 0 Å². The lowest BCUT2D eigenvalue weighted by Gasteiger charge is -2.33. The molecule has 0 spiro atoms. The Kier molecular flexibility index (Phi) is 4.54. The standard InChI is InChI=1S/C12H20N2O3/c1-9(2)8-13-11(17)14-12(10(15)16)6-4-3-5-7-12/h1,3-8H2,2H3,(H,15,16)(H2,13,14,17). The Morgan fingerprint density at radius 1 is 1.29 bits per heavy atom. The van der Waals surface area contributed by atoms with Crippen LogP contribution in [0.3, 0.4) is 0 Å². The predicted octanol–water partition coefficient (Wildman–Crippen LogP) is 1.65. The SMILES string of the molecule is C=C(C)CNC(=O)NC1(C(=O)O)CCCCC1. The summed E-state index contributed by atoms with van der Waals surface area (Å²) in [5, 5.41) is 14.4. The zero-order valence-corrected chi connectivity index (χ0v) is 10.2. The molecule has 0 aromatic heterocycles. The van der Waals surface area contributed by atoms with E-state index in [4.69, 9.17) is 0 Å². The highest BCUT2D eigenvalue weighted by Gasteiger charge is 2.40. The number of nitrogens with one attached hydrogen (secondary N) is 2. The van der Waals surface area contributed by atoms with Crippen LogP contribution in [0.2, 0.25) is 0 Å². The molecule has 1 saturated carbocycles. The van der Waals surface area contributed by atoms with Crippen LogP contribution in [0.15, 0.2) is 12.2 Å². The van der Waals surface area contributed by atoms with Gasteiger partial charge in [0.25, 0.3) is 0 Å². The molecular formula is C12H20N2O3. The molecule has 0 aliphatic heterocycles. The Balaban J connectivity index is 2.57. The molecule has 0 bridgehead atoms. The van der Waals surface area contributed by atoms with Crippen molar-refractivity contribution in [1.82, 2.24) is 10.6 Å². The van der Waals surface area contributed by atoms with Crippen molar-refractivity contribution in [3.63, 3.8) is 0 Å². The van der Waals surface area contributed by atoms with E-state index in [1.54, 1.807) is 6.92 Å². The third-order valence-electron chi connectivity index (χ3n) is 3.02. The third kappa shape index (κ3) is 3.76. The maximum atomic E-state index is 11.6. The average Bonchev–Trinajstić information content (AvgIpc) is 2.27. The molecule has 2 amide bonds. The molecule has 0 atom stereocenters. The Morgan fingerprint density at radius 3 is 2.35 bits per heavy atom. The van der Waals surface area contributed by atoms with Crippen LogP contribution in [0, 0.1) is 0 Å². The van der Waals surface area contributed by atoms with Gasteiger partial charge >= 0.3 is 12.0 Å². The summed E-state index contributed by atoms with van der Waals surface area (Å²) in [6, 6.07) is -0.433. The normalized spacial score (nSPS) is 18.2. The van der Waals surface area contributed by atoms with E-state index < -0.39 is 17.5 Å². The summed E-state index contributed by atoms with van der Waals surface area (Å²) in [5.41, 5.74) is -0.259. The number of urea groups is 1. The molecule has 1 rings (SSSR count). The van der Waals surface area contributed by atoms with Crippen LogP contribution in [0.5, 0.6) is 0 Å². The number of hydrogen-bond acceptors (Lipinski definition) is 2. The highest BCUT2D eigenvalue weighted by Crippen LogP contribution is 2.28. The molecular weight excluding hydrogens is 220 g/mol. The molecule has 5 nitrogen and oxygen atoms in total. The molecule has 0 aromatic carbocycles. The van der Waals surface area contributed by atoms with E-state index in [-0.39, 0.29) is 0 Å². The number of carbonyl (C=O) groups excluding carboxylic acids is 1. The van der Waals surface area contributed by atoms with Gasteiger partial charge in [-0.2, -0.15) is 0 Å². The zero-order chi connectivity index (χ0) is 12.9. The number of carboxylic acids is 1. The summed E-state index contributed by atoms with van der Waals surface area (Å²) in [4.78, 5) is 22.9.